The molecule has 3 aliphatic heterocycles. The highest BCUT2D eigenvalue weighted by Gasteiger charge is 2.54. The number of oxime groups is 2. The van der Waals surface area contributed by atoms with E-state index in [1.165, 1.54) is 13.8 Å². The van der Waals surface area contributed by atoms with E-state index in [0.717, 1.165) is 19.4 Å². The van der Waals surface area contributed by atoms with Gasteiger partial charge in [0.2, 0.25) is 37.1 Å². The smallest absolute Gasteiger partial charge is 0.218 e. The number of carboxylic acids is 2. The van der Waals surface area contributed by atoms with Crippen LogP contribution in [0.4, 0.5) is 0 Å². The number of rotatable bonds is 30. The van der Waals surface area contributed by atoms with Crippen LogP contribution in [0.15, 0.2) is 10.3 Å². The first kappa shape index (κ1) is 66.2. The predicted octanol–water partition coefficient (Wildman–Crippen LogP) is -10.6. The van der Waals surface area contributed by atoms with Crippen molar-refractivity contribution in [3.8, 4) is 0 Å². The van der Waals surface area contributed by atoms with Gasteiger partial charge in [-0.25, -0.2) is 25.3 Å². The standard InChI is InChI=1S/C35H57N3O35S4/c1-13-21(40)25(44)35(69-27(13)32(47)48)68-26-14(2)33(66-18(11-63-74-73-72-49)28(26)70-76(53,54)55)59-6-4-36-61-8-9-62-37-5-7-60-34-20(38-15(3)39)30(65-17-10-16(31(45)46)22(41)24(43)23(17)42)29(71-77(56,57)58)19(67-34)12-64-75(50,51)52/h4-5,13-14,16-30,33-35,40-44,49H,6-12H2,1-3H3,(H,38,39)(H,45,46)(H,47,48)(H,50,51,52)(H,53,54,55)(H,56,57,58)/p-6/b36-4+,37-5+/t13?,14?,16?,17-,18+,19?,20?,21?,22+,23?,24+,25?,26?,27-,28?,29+,30-,33-,34-,35-/m1/s1. The lowest BCUT2D eigenvalue weighted by atomic mass is 9.80. The van der Waals surface area contributed by atoms with Gasteiger partial charge >= 0.3 is 0 Å². The largest absolute Gasteiger partial charge is 0.726 e. The molecule has 0 aromatic carbocycles. The van der Waals surface area contributed by atoms with Gasteiger partial charge in [-0.05, 0) is 6.42 Å². The summed E-state index contributed by atoms with van der Waals surface area (Å²) in [6, 6.07) is -1.84. The number of ether oxygens (including phenoxy) is 7. The highest BCUT2D eigenvalue weighted by molar-refractivity contribution is 7.89. The molecule has 42 heteroatoms. The van der Waals surface area contributed by atoms with Gasteiger partial charge in [-0.15, -0.1) is 4.33 Å². The van der Waals surface area contributed by atoms with Gasteiger partial charge in [0.05, 0.1) is 69.2 Å². The van der Waals surface area contributed by atoms with Crippen LogP contribution in [0.25, 0.3) is 0 Å². The highest BCUT2D eigenvalue weighted by atomic mass is 32.3. The van der Waals surface area contributed by atoms with Crippen LogP contribution in [-0.4, -0.2) is 239 Å². The quantitative estimate of drug-likeness (QED) is 0.00740. The number of nitrogens with one attached hydrogen (secondary N) is 1. The molecule has 0 aromatic rings. The molecule has 1 saturated carbocycles. The van der Waals surface area contributed by atoms with Gasteiger partial charge in [0.25, 0.3) is 0 Å². The number of carboxylic acid groups (broad SMARTS) is 2. The molecule has 20 atom stereocenters. The van der Waals surface area contributed by atoms with E-state index in [4.69, 9.17) is 47.0 Å². The first-order valence-corrected chi connectivity index (χ1v) is 26.6. The van der Waals surface area contributed by atoms with Crippen molar-refractivity contribution < 1.29 is 163 Å². The first-order chi connectivity index (χ1) is 35.9. The third kappa shape index (κ3) is 20.3. The number of carbonyl (C=O) groups is 3. The minimum absolute atomic E-state index is 0.0580. The number of aliphatic carboxylic acids is 2. The maximum Gasteiger partial charge on any atom is 0.218 e. The van der Waals surface area contributed by atoms with E-state index in [1.54, 1.807) is 0 Å². The molecule has 1 amide bonds. The van der Waals surface area contributed by atoms with Crippen LogP contribution in [0, 0.1) is 17.8 Å². The van der Waals surface area contributed by atoms with Gasteiger partial charge in [0.1, 0.15) is 61.0 Å². The topological polar surface area (TPSA) is 568 Å². The Bertz CT molecular complexity index is 2300. The number of aliphatic hydroxyl groups excluding tert-OH is 5. The summed E-state index contributed by atoms with van der Waals surface area (Å²) in [5, 5.41) is 98.7. The van der Waals surface area contributed by atoms with E-state index >= 15 is 0 Å². The van der Waals surface area contributed by atoms with Crippen molar-refractivity contribution in [1.82, 2.24) is 5.32 Å². The molecule has 6 N–H and O–H groups in total. The number of carbonyl (C=O) groups excluding carboxylic acids is 3. The molecule has 0 aromatic heterocycles. The van der Waals surface area contributed by atoms with Crippen LogP contribution in [0.2, 0.25) is 0 Å². The Kier molecular flexibility index (Phi) is 25.7. The van der Waals surface area contributed by atoms with E-state index in [0.29, 0.717) is 0 Å². The zero-order chi connectivity index (χ0) is 57.6. The predicted molar refractivity (Wildman–Crippen MR) is 225 cm³/mol. The normalized spacial score (nSPS) is 36.4. The second-order valence-electron chi connectivity index (χ2n) is 16.7. The molecule has 1 aliphatic carbocycles. The van der Waals surface area contributed by atoms with Crippen LogP contribution in [0.3, 0.4) is 0 Å². The molecular formula is C35H51N3O35S4-6. The van der Waals surface area contributed by atoms with Crippen LogP contribution < -0.4 is 20.8 Å². The van der Waals surface area contributed by atoms with Gasteiger partial charge in [-0.3, -0.25) is 26.6 Å². The second kappa shape index (κ2) is 29.9. The number of hydrogen-bond donors (Lipinski definition) is 6. The van der Waals surface area contributed by atoms with E-state index in [-0.39, 0.29) is 25.5 Å². The third-order valence-corrected chi connectivity index (χ3v) is 13.1. The minimum atomic E-state index is -5.83. The second-order valence-corrected chi connectivity index (χ2v) is 20.2. The molecule has 3 heterocycles. The van der Waals surface area contributed by atoms with E-state index in [1.807, 2.05) is 0 Å². The average Bonchev–Trinajstić information content (AvgIpc) is 3.32. The Labute approximate surface area is 440 Å². The molecule has 4 aliphatic rings. The summed E-state index contributed by atoms with van der Waals surface area (Å²) in [7, 11) is -17.0. The van der Waals surface area contributed by atoms with Crippen LogP contribution in [-0.2, 0) is 115 Å². The number of amides is 1. The lowest BCUT2D eigenvalue weighted by molar-refractivity contribution is -0.777. The number of aliphatic hydroxyl groups is 5. The van der Waals surface area contributed by atoms with Crippen molar-refractivity contribution in [2.45, 2.75) is 131 Å². The van der Waals surface area contributed by atoms with E-state index in [2.05, 4.69) is 37.5 Å². The van der Waals surface area contributed by atoms with Crippen molar-refractivity contribution in [3.05, 3.63) is 0 Å². The molecule has 0 radical (unpaired) electrons. The molecule has 446 valence electrons. The maximum absolute atomic E-state index is 12.4. The van der Waals surface area contributed by atoms with Crippen molar-refractivity contribution in [3.63, 3.8) is 0 Å². The molecule has 0 spiro atoms. The summed E-state index contributed by atoms with van der Waals surface area (Å²) in [6.07, 6.45) is -30.3. The number of nitrogens with zero attached hydrogens (tertiary/aromatic N) is 2. The highest BCUT2D eigenvalue weighted by Crippen LogP contribution is 2.37. The van der Waals surface area contributed by atoms with Crippen LogP contribution in [0.1, 0.15) is 27.2 Å². The fourth-order valence-corrected chi connectivity index (χ4v) is 9.56. The zero-order valence-corrected chi connectivity index (χ0v) is 42.9. The summed E-state index contributed by atoms with van der Waals surface area (Å²) in [6.45, 7) is -0.534. The monoisotopic (exact) mass is 1200 g/mol. The summed E-state index contributed by atoms with van der Waals surface area (Å²) < 4.78 is 167. The van der Waals surface area contributed by atoms with Gasteiger partial charge in [-0.2, -0.15) is 0 Å². The van der Waals surface area contributed by atoms with Crippen LogP contribution >= 0.6 is 12.3 Å². The van der Waals surface area contributed by atoms with E-state index in [9.17, 15) is 94.3 Å². The van der Waals surface area contributed by atoms with Crippen molar-refractivity contribution in [1.29, 1.82) is 0 Å². The maximum atomic E-state index is 12.4. The summed E-state index contributed by atoms with van der Waals surface area (Å²) >= 11 is -0.0580. The lowest BCUT2D eigenvalue weighted by Crippen LogP contribution is -2.68. The average molecular weight is 1200 g/mol. The molecule has 77 heavy (non-hydrogen) atoms. The summed E-state index contributed by atoms with van der Waals surface area (Å²) in [5.41, 5.74) is 0. The lowest BCUT2D eigenvalue weighted by Gasteiger charge is -2.48. The third-order valence-electron chi connectivity index (χ3n) is 11.4. The van der Waals surface area contributed by atoms with Gasteiger partial charge in [0, 0.05) is 30.6 Å². The van der Waals surface area contributed by atoms with Gasteiger partial charge in [-0.1, -0.05) is 24.2 Å². The molecule has 10 unspecified atom stereocenters. The molecule has 4 fully saturated rings. The zero-order valence-electron chi connectivity index (χ0n) is 39.7. The molecule has 0 bridgehead atoms. The Morgan fingerprint density at radius 3 is 1.77 bits per heavy atom. The molecule has 3 saturated heterocycles. The summed E-state index contributed by atoms with van der Waals surface area (Å²) in [5.74, 6) is -9.03. The fourth-order valence-electron chi connectivity index (χ4n) is 8.00. The molecule has 4 rings (SSSR count). The fraction of sp³-hybridized carbons (Fsp3) is 0.857. The van der Waals surface area contributed by atoms with Crippen LogP contribution in [0.5, 0.6) is 0 Å². The van der Waals surface area contributed by atoms with Crippen molar-refractivity contribution >= 4 is 73.8 Å². The van der Waals surface area contributed by atoms with Gasteiger partial charge in [0.15, 0.2) is 44.4 Å². The molecule has 38 nitrogen and oxygen atoms in total. The first-order valence-electron chi connectivity index (χ1n) is 21.9. The van der Waals surface area contributed by atoms with Gasteiger partial charge < -0.3 is 112 Å². The Morgan fingerprint density at radius 2 is 1.23 bits per heavy atom. The van der Waals surface area contributed by atoms with Crippen molar-refractivity contribution in [2.75, 3.05) is 39.6 Å². The minimum Gasteiger partial charge on any atom is -0.726 e. The Morgan fingerprint density at radius 1 is 0.675 bits per heavy atom. The summed E-state index contributed by atoms with van der Waals surface area (Å²) in [4.78, 5) is 45.9. The van der Waals surface area contributed by atoms with Crippen molar-refractivity contribution in [2.24, 2.45) is 28.1 Å². The Balaban J connectivity index is 1.39. The molecular weight excluding hydrogens is 1150 g/mol. The van der Waals surface area contributed by atoms with E-state index < -0.39 is 204 Å². The SMILES string of the molecule is CC(=O)NC1[C@H](OC/C=N/OCCO/N=C/CO[C@@H]2O[C@@H](COSOO[O-])C(OS(=O)(=O)[O-])C(O[C@@H]3O[C@@H](C(=O)[O-])C(C)C(O)C3O)C2C)OC(COS(=O)(=O)[O-])[C@H](OS(=O)(=O)[O-])[C@@H]1O[C@@H]1CC(C(=O)[O-])[C@H](O)[C@H](O)C1O. The Hall–Kier alpha value is -3.33. The number of hydrogen-bond acceptors (Lipinski definition) is 38.